The lowest BCUT2D eigenvalue weighted by Gasteiger charge is -2.07. The first-order valence-electron chi connectivity index (χ1n) is 8.78. The van der Waals surface area contributed by atoms with Gasteiger partial charge in [0.2, 0.25) is 12.7 Å². The summed E-state index contributed by atoms with van der Waals surface area (Å²) >= 11 is 6.20. The predicted octanol–water partition coefficient (Wildman–Crippen LogP) is 4.78. The Balaban J connectivity index is 1.48. The van der Waals surface area contributed by atoms with E-state index in [1.165, 1.54) is 6.08 Å². The summed E-state index contributed by atoms with van der Waals surface area (Å²) in [5, 5.41) is 3.16. The predicted molar refractivity (Wildman–Crippen MR) is 107 cm³/mol. The Morgan fingerprint density at radius 1 is 1.25 bits per heavy atom. The van der Waals surface area contributed by atoms with Gasteiger partial charge in [-0.3, -0.25) is 4.79 Å². The minimum absolute atomic E-state index is 0.149. The molecule has 1 amide bonds. The number of amides is 1. The lowest BCUT2D eigenvalue weighted by Crippen LogP contribution is -2.08. The minimum Gasteiger partial charge on any atom is -0.467 e. The van der Waals surface area contributed by atoms with Crippen LogP contribution in [0.2, 0.25) is 5.02 Å². The molecular formula is C21H19ClN2O4. The van der Waals surface area contributed by atoms with Crippen molar-refractivity contribution in [3.05, 3.63) is 70.4 Å². The summed E-state index contributed by atoms with van der Waals surface area (Å²) in [6.45, 7) is 4.84. The van der Waals surface area contributed by atoms with Gasteiger partial charge in [-0.1, -0.05) is 11.6 Å². The topological polar surface area (TPSA) is 65.6 Å². The largest absolute Gasteiger partial charge is 0.467 e. The quantitative estimate of drug-likeness (QED) is 0.628. The van der Waals surface area contributed by atoms with Gasteiger partial charge < -0.3 is 23.8 Å². The number of aromatic nitrogens is 1. The molecule has 0 unspecified atom stereocenters. The molecule has 3 aromatic rings. The fraction of sp³-hybridized carbons (Fsp3) is 0.190. The molecule has 1 N–H and O–H groups in total. The monoisotopic (exact) mass is 398 g/mol. The van der Waals surface area contributed by atoms with E-state index < -0.39 is 0 Å². The summed E-state index contributed by atoms with van der Waals surface area (Å²) < 4.78 is 18.2. The Hall–Kier alpha value is -3.12. The maximum atomic E-state index is 12.3. The standard InChI is InChI=1S/C21H19ClN2O4/c1-13-8-15(14(2)24(13)11-16-4-3-7-26-16)5-6-21(25)23-18-10-20-19(9-17(18)22)27-12-28-20/h3-10H,11-12H2,1-2H3,(H,23,25)/b6-5+. The number of nitrogens with one attached hydrogen (secondary N) is 1. The summed E-state index contributed by atoms with van der Waals surface area (Å²) in [6.07, 6.45) is 4.94. The van der Waals surface area contributed by atoms with Crippen LogP contribution in [0.4, 0.5) is 5.69 Å². The Kier molecular flexibility index (Phi) is 4.88. The zero-order valence-corrected chi connectivity index (χ0v) is 16.2. The Bertz CT molecular complexity index is 1050. The summed E-state index contributed by atoms with van der Waals surface area (Å²) in [5.41, 5.74) is 3.59. The molecule has 3 heterocycles. The minimum atomic E-state index is -0.281. The van der Waals surface area contributed by atoms with Crippen LogP contribution in [0.25, 0.3) is 6.08 Å². The van der Waals surface area contributed by atoms with Gasteiger partial charge in [0.25, 0.3) is 0 Å². The van der Waals surface area contributed by atoms with Crippen LogP contribution in [-0.2, 0) is 11.3 Å². The third-order valence-electron chi connectivity index (χ3n) is 4.64. The lowest BCUT2D eigenvalue weighted by molar-refractivity contribution is -0.111. The van der Waals surface area contributed by atoms with Crippen molar-refractivity contribution in [1.29, 1.82) is 0 Å². The van der Waals surface area contributed by atoms with Crippen molar-refractivity contribution in [2.24, 2.45) is 0 Å². The Morgan fingerprint density at radius 2 is 2.04 bits per heavy atom. The van der Waals surface area contributed by atoms with Crippen molar-refractivity contribution in [2.75, 3.05) is 12.1 Å². The van der Waals surface area contributed by atoms with E-state index in [1.54, 1.807) is 24.5 Å². The molecule has 28 heavy (non-hydrogen) atoms. The van der Waals surface area contributed by atoms with Gasteiger partial charge in [0.1, 0.15) is 5.76 Å². The highest BCUT2D eigenvalue weighted by molar-refractivity contribution is 6.34. The van der Waals surface area contributed by atoms with Crippen molar-refractivity contribution >= 4 is 29.3 Å². The third-order valence-corrected chi connectivity index (χ3v) is 4.95. The molecular weight excluding hydrogens is 380 g/mol. The number of furan rings is 1. The molecule has 6 nitrogen and oxygen atoms in total. The Labute approximate surface area is 167 Å². The number of carbonyl (C=O) groups excluding carboxylic acids is 1. The van der Waals surface area contributed by atoms with E-state index in [-0.39, 0.29) is 12.7 Å². The number of halogens is 1. The normalized spacial score (nSPS) is 12.7. The second-order valence-corrected chi connectivity index (χ2v) is 6.91. The van der Waals surface area contributed by atoms with Crippen LogP contribution in [0.3, 0.4) is 0 Å². The molecule has 0 atom stereocenters. The van der Waals surface area contributed by atoms with Crippen LogP contribution in [0.5, 0.6) is 11.5 Å². The number of anilines is 1. The zero-order valence-electron chi connectivity index (χ0n) is 15.5. The lowest BCUT2D eigenvalue weighted by atomic mass is 10.2. The van der Waals surface area contributed by atoms with Gasteiger partial charge in [-0.25, -0.2) is 0 Å². The van der Waals surface area contributed by atoms with E-state index >= 15 is 0 Å². The molecule has 1 aromatic carbocycles. The molecule has 7 heteroatoms. The highest BCUT2D eigenvalue weighted by Gasteiger charge is 2.17. The number of hydrogen-bond acceptors (Lipinski definition) is 4. The van der Waals surface area contributed by atoms with E-state index in [0.717, 1.165) is 22.7 Å². The molecule has 4 rings (SSSR count). The van der Waals surface area contributed by atoms with Crippen molar-refractivity contribution in [3.63, 3.8) is 0 Å². The smallest absolute Gasteiger partial charge is 0.248 e. The molecule has 144 valence electrons. The first-order valence-corrected chi connectivity index (χ1v) is 9.16. The van der Waals surface area contributed by atoms with Crippen LogP contribution in [0.15, 0.2) is 47.1 Å². The number of nitrogens with zero attached hydrogens (tertiary/aromatic N) is 1. The zero-order chi connectivity index (χ0) is 19.7. The van der Waals surface area contributed by atoms with Gasteiger partial charge in [0.15, 0.2) is 11.5 Å². The fourth-order valence-corrected chi connectivity index (χ4v) is 3.35. The van der Waals surface area contributed by atoms with Gasteiger partial charge in [-0.2, -0.15) is 0 Å². The van der Waals surface area contributed by atoms with Gasteiger partial charge in [0.05, 0.1) is 23.5 Å². The van der Waals surface area contributed by atoms with Gasteiger partial charge in [-0.15, -0.1) is 0 Å². The van der Waals surface area contributed by atoms with E-state index in [4.69, 9.17) is 25.5 Å². The van der Waals surface area contributed by atoms with Gasteiger partial charge >= 0.3 is 0 Å². The molecule has 0 saturated heterocycles. The molecule has 0 saturated carbocycles. The summed E-state index contributed by atoms with van der Waals surface area (Å²) in [6, 6.07) is 9.14. The summed E-state index contributed by atoms with van der Waals surface area (Å²) in [5.74, 6) is 1.73. The van der Waals surface area contributed by atoms with E-state index in [2.05, 4.69) is 9.88 Å². The van der Waals surface area contributed by atoms with Crippen molar-refractivity contribution in [2.45, 2.75) is 20.4 Å². The van der Waals surface area contributed by atoms with E-state index in [1.807, 2.05) is 32.0 Å². The van der Waals surface area contributed by atoms with E-state index in [9.17, 15) is 4.79 Å². The van der Waals surface area contributed by atoms with Crippen LogP contribution >= 0.6 is 11.6 Å². The molecule has 1 aliphatic heterocycles. The van der Waals surface area contributed by atoms with Gasteiger partial charge in [-0.05, 0) is 43.7 Å². The number of benzene rings is 1. The van der Waals surface area contributed by atoms with Crippen molar-refractivity contribution in [1.82, 2.24) is 4.57 Å². The molecule has 0 radical (unpaired) electrons. The second-order valence-electron chi connectivity index (χ2n) is 6.50. The first kappa shape index (κ1) is 18.3. The second kappa shape index (κ2) is 7.48. The molecule has 0 bridgehead atoms. The highest BCUT2D eigenvalue weighted by Crippen LogP contribution is 2.39. The number of carbonyl (C=O) groups is 1. The van der Waals surface area contributed by atoms with Crippen LogP contribution in [0.1, 0.15) is 22.7 Å². The highest BCUT2D eigenvalue weighted by atomic mass is 35.5. The van der Waals surface area contributed by atoms with Crippen LogP contribution in [-0.4, -0.2) is 17.3 Å². The summed E-state index contributed by atoms with van der Waals surface area (Å²) in [4.78, 5) is 12.3. The van der Waals surface area contributed by atoms with Crippen LogP contribution in [0, 0.1) is 13.8 Å². The average molecular weight is 399 g/mol. The van der Waals surface area contributed by atoms with Crippen molar-refractivity contribution < 1.29 is 18.7 Å². The number of fused-ring (bicyclic) bond motifs is 1. The van der Waals surface area contributed by atoms with Gasteiger partial charge in [0, 0.05) is 29.6 Å². The molecule has 1 aliphatic rings. The number of rotatable bonds is 5. The first-order chi connectivity index (χ1) is 13.5. The maximum absolute atomic E-state index is 12.3. The molecule has 0 fully saturated rings. The fourth-order valence-electron chi connectivity index (χ4n) is 3.15. The number of hydrogen-bond donors (Lipinski definition) is 1. The molecule has 0 spiro atoms. The SMILES string of the molecule is Cc1cc(/C=C/C(=O)Nc2cc3c(cc2Cl)OCO3)c(C)n1Cc1ccco1. The number of aryl methyl sites for hydroxylation is 1. The van der Waals surface area contributed by atoms with E-state index in [0.29, 0.717) is 28.8 Å². The van der Waals surface area contributed by atoms with Crippen LogP contribution < -0.4 is 14.8 Å². The maximum Gasteiger partial charge on any atom is 0.248 e. The third kappa shape index (κ3) is 3.64. The molecule has 0 aliphatic carbocycles. The number of ether oxygens (including phenoxy) is 2. The summed E-state index contributed by atoms with van der Waals surface area (Å²) in [7, 11) is 0. The Morgan fingerprint density at radius 3 is 2.79 bits per heavy atom. The molecule has 2 aromatic heterocycles. The van der Waals surface area contributed by atoms with Crippen molar-refractivity contribution in [3.8, 4) is 11.5 Å². The average Bonchev–Trinajstić information content (AvgIpc) is 3.38.